The van der Waals surface area contributed by atoms with Gasteiger partial charge in [0.1, 0.15) is 0 Å². The molecule has 0 saturated carbocycles. The summed E-state index contributed by atoms with van der Waals surface area (Å²) >= 11 is 1.65. The molecule has 1 atom stereocenters. The van der Waals surface area contributed by atoms with Gasteiger partial charge in [0.15, 0.2) is 0 Å². The molecular formula is C9H19NO2S. The molecule has 4 heteroatoms. The van der Waals surface area contributed by atoms with Gasteiger partial charge in [0, 0.05) is 12.2 Å². The van der Waals surface area contributed by atoms with Crippen molar-refractivity contribution in [1.82, 2.24) is 5.32 Å². The van der Waals surface area contributed by atoms with Crippen molar-refractivity contribution < 1.29 is 9.90 Å². The van der Waals surface area contributed by atoms with Gasteiger partial charge in [-0.1, -0.05) is 13.8 Å². The lowest BCUT2D eigenvalue weighted by Crippen LogP contribution is -2.41. The molecular weight excluding hydrogens is 186 g/mol. The van der Waals surface area contributed by atoms with Crippen LogP contribution in [0.25, 0.3) is 0 Å². The van der Waals surface area contributed by atoms with E-state index in [1.165, 1.54) is 0 Å². The van der Waals surface area contributed by atoms with Crippen LogP contribution in [0, 0.1) is 5.92 Å². The van der Waals surface area contributed by atoms with Crippen LogP contribution in [0.4, 0.5) is 0 Å². The zero-order chi connectivity index (χ0) is 10.3. The Labute approximate surface area is 84.3 Å². The number of amides is 1. The Morgan fingerprint density at radius 1 is 1.54 bits per heavy atom. The van der Waals surface area contributed by atoms with Crippen molar-refractivity contribution in [1.29, 1.82) is 0 Å². The van der Waals surface area contributed by atoms with Gasteiger partial charge >= 0.3 is 0 Å². The van der Waals surface area contributed by atoms with Gasteiger partial charge in [-0.25, -0.2) is 0 Å². The van der Waals surface area contributed by atoms with Crippen LogP contribution in [0.2, 0.25) is 0 Å². The first-order valence-electron chi connectivity index (χ1n) is 4.51. The van der Waals surface area contributed by atoms with Crippen LogP contribution >= 0.6 is 11.8 Å². The van der Waals surface area contributed by atoms with Crippen LogP contribution in [0.1, 0.15) is 20.3 Å². The van der Waals surface area contributed by atoms with E-state index in [-0.39, 0.29) is 24.5 Å². The van der Waals surface area contributed by atoms with Crippen molar-refractivity contribution in [3.63, 3.8) is 0 Å². The van der Waals surface area contributed by atoms with Gasteiger partial charge in [-0.05, 0) is 12.2 Å². The number of carbonyl (C=O) groups is 1. The Hall–Kier alpha value is -0.220. The Morgan fingerprint density at radius 3 is 2.54 bits per heavy atom. The minimum Gasteiger partial charge on any atom is -0.394 e. The maximum atomic E-state index is 11.2. The summed E-state index contributed by atoms with van der Waals surface area (Å²) in [6.45, 7) is 3.98. The summed E-state index contributed by atoms with van der Waals surface area (Å²) in [5.74, 6) is 1.15. The van der Waals surface area contributed by atoms with Crippen molar-refractivity contribution in [3.8, 4) is 0 Å². The first-order chi connectivity index (χ1) is 6.11. The molecule has 1 amide bonds. The summed E-state index contributed by atoms with van der Waals surface area (Å²) in [4.78, 5) is 11.2. The highest BCUT2D eigenvalue weighted by molar-refractivity contribution is 7.98. The van der Waals surface area contributed by atoms with Gasteiger partial charge < -0.3 is 10.4 Å². The summed E-state index contributed by atoms with van der Waals surface area (Å²) in [6, 6.07) is -0.102. The summed E-state index contributed by atoms with van der Waals surface area (Å²) < 4.78 is 0. The van der Waals surface area contributed by atoms with E-state index in [1.54, 1.807) is 11.8 Å². The van der Waals surface area contributed by atoms with Gasteiger partial charge in [-0.3, -0.25) is 4.79 Å². The van der Waals surface area contributed by atoms with E-state index in [1.807, 2.05) is 20.1 Å². The number of aliphatic hydroxyl groups is 1. The Bertz CT molecular complexity index is 151. The fraction of sp³-hybridized carbons (Fsp3) is 0.889. The summed E-state index contributed by atoms with van der Waals surface area (Å²) in [6.07, 6.45) is 2.50. The first kappa shape index (κ1) is 12.8. The van der Waals surface area contributed by atoms with Crippen LogP contribution in [0.5, 0.6) is 0 Å². The molecule has 0 fully saturated rings. The smallest absolute Gasteiger partial charge is 0.221 e. The number of aliphatic hydroxyl groups excluding tert-OH is 1. The number of carbonyl (C=O) groups excluding carboxylic acids is 1. The SMILES string of the molecule is CSCCC(=O)N[C@H](CO)C(C)C. The van der Waals surface area contributed by atoms with Gasteiger partial charge in [0.05, 0.1) is 12.6 Å². The summed E-state index contributed by atoms with van der Waals surface area (Å²) in [5.41, 5.74) is 0. The van der Waals surface area contributed by atoms with Crippen LogP contribution in [-0.4, -0.2) is 35.7 Å². The van der Waals surface area contributed by atoms with Crippen molar-refractivity contribution in [2.24, 2.45) is 5.92 Å². The summed E-state index contributed by atoms with van der Waals surface area (Å²) in [5, 5.41) is 11.7. The highest BCUT2D eigenvalue weighted by Crippen LogP contribution is 2.02. The molecule has 2 N–H and O–H groups in total. The number of hydrogen-bond acceptors (Lipinski definition) is 3. The zero-order valence-electron chi connectivity index (χ0n) is 8.54. The van der Waals surface area contributed by atoms with Crippen LogP contribution < -0.4 is 5.32 Å². The minimum absolute atomic E-state index is 0.0165. The Morgan fingerprint density at radius 2 is 2.15 bits per heavy atom. The molecule has 0 aromatic rings. The third-order valence-electron chi connectivity index (χ3n) is 1.88. The predicted molar refractivity (Wildman–Crippen MR) is 56.9 cm³/mol. The second-order valence-corrected chi connectivity index (χ2v) is 4.33. The molecule has 0 radical (unpaired) electrons. The topological polar surface area (TPSA) is 49.3 Å². The lowest BCUT2D eigenvalue weighted by Gasteiger charge is -2.19. The van der Waals surface area contributed by atoms with E-state index in [0.717, 1.165) is 5.75 Å². The van der Waals surface area contributed by atoms with Crippen LogP contribution in [0.3, 0.4) is 0 Å². The fourth-order valence-corrected chi connectivity index (χ4v) is 1.29. The molecule has 0 rings (SSSR count). The van der Waals surface area contributed by atoms with E-state index >= 15 is 0 Å². The lowest BCUT2D eigenvalue weighted by molar-refractivity contribution is -0.122. The molecule has 13 heavy (non-hydrogen) atoms. The first-order valence-corrected chi connectivity index (χ1v) is 5.90. The maximum absolute atomic E-state index is 11.2. The Kier molecular flexibility index (Phi) is 7.09. The second kappa shape index (κ2) is 7.21. The van der Waals surface area contributed by atoms with E-state index in [9.17, 15) is 4.79 Å². The fourth-order valence-electron chi connectivity index (χ4n) is 0.897. The average Bonchev–Trinajstić information content (AvgIpc) is 2.10. The second-order valence-electron chi connectivity index (χ2n) is 3.34. The number of thioether (sulfide) groups is 1. The lowest BCUT2D eigenvalue weighted by atomic mass is 10.1. The number of hydrogen-bond donors (Lipinski definition) is 2. The zero-order valence-corrected chi connectivity index (χ0v) is 9.36. The van der Waals surface area contributed by atoms with E-state index in [4.69, 9.17) is 5.11 Å². The van der Waals surface area contributed by atoms with E-state index in [2.05, 4.69) is 5.32 Å². The molecule has 0 bridgehead atoms. The number of nitrogens with one attached hydrogen (secondary N) is 1. The van der Waals surface area contributed by atoms with Crippen molar-refractivity contribution in [3.05, 3.63) is 0 Å². The third kappa shape index (κ3) is 5.93. The molecule has 0 unspecified atom stereocenters. The molecule has 0 saturated heterocycles. The van der Waals surface area contributed by atoms with E-state index in [0.29, 0.717) is 6.42 Å². The highest BCUT2D eigenvalue weighted by atomic mass is 32.2. The van der Waals surface area contributed by atoms with Crippen molar-refractivity contribution in [2.45, 2.75) is 26.3 Å². The van der Waals surface area contributed by atoms with Crippen LogP contribution in [-0.2, 0) is 4.79 Å². The average molecular weight is 205 g/mol. The maximum Gasteiger partial charge on any atom is 0.221 e. The predicted octanol–water partition coefficient (Wildman–Crippen LogP) is 0.873. The molecule has 0 aliphatic carbocycles. The Balaban J connectivity index is 3.73. The molecule has 0 heterocycles. The molecule has 0 aliphatic heterocycles. The molecule has 0 aromatic heterocycles. The van der Waals surface area contributed by atoms with Gasteiger partial charge in [0.25, 0.3) is 0 Å². The third-order valence-corrected chi connectivity index (χ3v) is 2.49. The molecule has 0 spiro atoms. The van der Waals surface area contributed by atoms with Gasteiger partial charge in [-0.2, -0.15) is 11.8 Å². The van der Waals surface area contributed by atoms with Crippen molar-refractivity contribution >= 4 is 17.7 Å². The molecule has 0 aromatic carbocycles. The van der Waals surface area contributed by atoms with Gasteiger partial charge in [0.2, 0.25) is 5.91 Å². The number of rotatable bonds is 6. The monoisotopic (exact) mass is 205 g/mol. The van der Waals surface area contributed by atoms with E-state index < -0.39 is 0 Å². The molecule has 78 valence electrons. The quantitative estimate of drug-likeness (QED) is 0.676. The van der Waals surface area contributed by atoms with Crippen molar-refractivity contribution in [2.75, 3.05) is 18.6 Å². The minimum atomic E-state index is -0.102. The normalized spacial score (nSPS) is 13.0. The van der Waals surface area contributed by atoms with Crippen LogP contribution in [0.15, 0.2) is 0 Å². The van der Waals surface area contributed by atoms with Gasteiger partial charge in [-0.15, -0.1) is 0 Å². The highest BCUT2D eigenvalue weighted by Gasteiger charge is 2.14. The molecule has 3 nitrogen and oxygen atoms in total. The summed E-state index contributed by atoms with van der Waals surface area (Å²) in [7, 11) is 0. The standard InChI is InChI=1S/C9H19NO2S/c1-7(2)8(6-11)10-9(12)4-5-13-3/h7-8,11H,4-6H2,1-3H3,(H,10,12)/t8-/m1/s1. The molecule has 0 aliphatic rings. The largest absolute Gasteiger partial charge is 0.394 e.